The van der Waals surface area contributed by atoms with E-state index >= 15 is 0 Å². The van der Waals surface area contributed by atoms with Gasteiger partial charge in [0.1, 0.15) is 0 Å². The first kappa shape index (κ1) is 18.0. The molecule has 2 aromatic heterocycles. The minimum absolute atomic E-state index is 0.0867. The Morgan fingerprint density at radius 2 is 2.19 bits per heavy atom. The highest BCUT2D eigenvalue weighted by molar-refractivity contribution is 7.99. The molecule has 0 spiro atoms. The second kappa shape index (κ2) is 7.72. The molecule has 0 aromatic carbocycles. The SMILES string of the molecule is CCC1CCc2sc(-c3nnc(SCC(=O)NCC4CC4)n3C)cc2C1. The van der Waals surface area contributed by atoms with E-state index in [1.54, 1.807) is 0 Å². The molecule has 5 nitrogen and oxygen atoms in total. The number of fused-ring (bicyclic) bond motifs is 1. The van der Waals surface area contributed by atoms with Crippen molar-refractivity contribution in [3.05, 3.63) is 16.5 Å². The van der Waals surface area contributed by atoms with Crippen molar-refractivity contribution in [3.8, 4) is 10.7 Å². The van der Waals surface area contributed by atoms with Crippen LogP contribution in [0.15, 0.2) is 11.2 Å². The van der Waals surface area contributed by atoms with Crippen LogP contribution in [0.5, 0.6) is 0 Å². The zero-order chi connectivity index (χ0) is 18.1. The summed E-state index contributed by atoms with van der Waals surface area (Å²) in [5.41, 5.74) is 1.50. The fourth-order valence-corrected chi connectivity index (χ4v) is 5.44. The number of aromatic nitrogens is 3. The number of nitrogens with one attached hydrogen (secondary N) is 1. The van der Waals surface area contributed by atoms with Crippen molar-refractivity contribution in [1.82, 2.24) is 20.1 Å². The van der Waals surface area contributed by atoms with Gasteiger partial charge in [-0.1, -0.05) is 25.1 Å². The minimum atomic E-state index is 0.0867. The van der Waals surface area contributed by atoms with Gasteiger partial charge in [-0.25, -0.2) is 0 Å². The molecular formula is C19H26N4OS2. The molecule has 1 fully saturated rings. The summed E-state index contributed by atoms with van der Waals surface area (Å²) in [6, 6.07) is 2.31. The van der Waals surface area contributed by atoms with E-state index in [0.717, 1.165) is 23.4 Å². The van der Waals surface area contributed by atoms with Crippen molar-refractivity contribution >= 4 is 29.0 Å². The van der Waals surface area contributed by atoms with Gasteiger partial charge in [-0.2, -0.15) is 0 Å². The Bertz CT molecular complexity index is 794. The Balaban J connectivity index is 1.40. The normalized spacial score (nSPS) is 19.4. The molecule has 1 N–H and O–H groups in total. The molecule has 2 aromatic rings. The minimum Gasteiger partial charge on any atom is -0.355 e. The molecule has 2 aliphatic rings. The molecule has 0 saturated heterocycles. The molecule has 26 heavy (non-hydrogen) atoms. The maximum atomic E-state index is 11.9. The maximum Gasteiger partial charge on any atom is 0.230 e. The third-order valence-electron chi connectivity index (χ3n) is 5.43. The van der Waals surface area contributed by atoms with Crippen molar-refractivity contribution in [3.63, 3.8) is 0 Å². The van der Waals surface area contributed by atoms with Crippen LogP contribution in [-0.2, 0) is 24.7 Å². The average molecular weight is 391 g/mol. The molecule has 2 heterocycles. The van der Waals surface area contributed by atoms with Gasteiger partial charge in [0.15, 0.2) is 11.0 Å². The number of rotatable bonds is 7. The first-order valence-corrected chi connectivity index (χ1v) is 11.3. The van der Waals surface area contributed by atoms with E-state index < -0.39 is 0 Å². The van der Waals surface area contributed by atoms with E-state index in [-0.39, 0.29) is 5.91 Å². The highest BCUT2D eigenvalue weighted by Crippen LogP contribution is 2.38. The molecule has 0 radical (unpaired) electrons. The van der Waals surface area contributed by atoms with E-state index in [1.807, 2.05) is 23.0 Å². The smallest absolute Gasteiger partial charge is 0.230 e. The topological polar surface area (TPSA) is 59.8 Å². The number of nitrogens with zero attached hydrogens (tertiary/aromatic N) is 3. The highest BCUT2D eigenvalue weighted by atomic mass is 32.2. The van der Waals surface area contributed by atoms with Crippen LogP contribution in [0.4, 0.5) is 0 Å². The third kappa shape index (κ3) is 3.98. The van der Waals surface area contributed by atoms with Gasteiger partial charge in [0.05, 0.1) is 10.6 Å². The lowest BCUT2D eigenvalue weighted by Crippen LogP contribution is -2.27. The molecule has 7 heteroatoms. The van der Waals surface area contributed by atoms with Crippen molar-refractivity contribution in [2.24, 2.45) is 18.9 Å². The summed E-state index contributed by atoms with van der Waals surface area (Å²) in [4.78, 5) is 14.7. The van der Waals surface area contributed by atoms with E-state index in [0.29, 0.717) is 11.7 Å². The predicted octanol–water partition coefficient (Wildman–Crippen LogP) is 3.68. The van der Waals surface area contributed by atoms with Crippen molar-refractivity contribution in [2.45, 2.75) is 50.6 Å². The summed E-state index contributed by atoms with van der Waals surface area (Å²) in [5, 5.41) is 12.5. The average Bonchev–Trinajstić information content (AvgIpc) is 3.27. The van der Waals surface area contributed by atoms with Crippen molar-refractivity contribution in [2.75, 3.05) is 12.3 Å². The zero-order valence-electron chi connectivity index (χ0n) is 15.5. The van der Waals surface area contributed by atoms with E-state index in [2.05, 4.69) is 28.5 Å². The zero-order valence-corrected chi connectivity index (χ0v) is 17.1. The van der Waals surface area contributed by atoms with Crippen LogP contribution in [0.1, 0.15) is 43.0 Å². The van der Waals surface area contributed by atoms with Gasteiger partial charge in [0.25, 0.3) is 0 Å². The summed E-state index contributed by atoms with van der Waals surface area (Å²) < 4.78 is 2.02. The quantitative estimate of drug-likeness (QED) is 0.733. The Hall–Kier alpha value is -1.34. The van der Waals surface area contributed by atoms with Gasteiger partial charge in [-0.15, -0.1) is 21.5 Å². The molecule has 4 rings (SSSR count). The highest BCUT2D eigenvalue weighted by Gasteiger charge is 2.23. The molecular weight excluding hydrogens is 364 g/mol. The number of carbonyl (C=O) groups excluding carboxylic acids is 1. The standard InChI is InChI=1S/C19H26N4OS2/c1-3-12-6-7-15-14(8-12)9-16(26-15)18-21-22-19(23(18)2)25-11-17(24)20-10-13-4-5-13/h9,12-13H,3-8,10-11H2,1-2H3,(H,20,24). The number of thiophene rings is 1. The maximum absolute atomic E-state index is 11.9. The number of carbonyl (C=O) groups is 1. The van der Waals surface area contributed by atoms with Crippen molar-refractivity contribution in [1.29, 1.82) is 0 Å². The lowest BCUT2D eigenvalue weighted by molar-refractivity contribution is -0.118. The number of aryl methyl sites for hydroxylation is 1. The first-order valence-electron chi connectivity index (χ1n) is 9.54. The molecule has 1 atom stereocenters. The molecule has 140 valence electrons. The summed E-state index contributed by atoms with van der Waals surface area (Å²) in [7, 11) is 1.99. The molecule has 1 unspecified atom stereocenters. The summed E-state index contributed by atoms with van der Waals surface area (Å²) in [6.07, 6.45) is 7.47. The number of thioether (sulfide) groups is 1. The first-order chi connectivity index (χ1) is 12.6. The van der Waals surface area contributed by atoms with Gasteiger partial charge < -0.3 is 9.88 Å². The largest absolute Gasteiger partial charge is 0.355 e. The second-order valence-electron chi connectivity index (χ2n) is 7.48. The van der Waals surface area contributed by atoms with Crippen LogP contribution in [0.2, 0.25) is 0 Å². The van der Waals surface area contributed by atoms with Crippen LogP contribution >= 0.6 is 23.1 Å². The third-order valence-corrected chi connectivity index (χ3v) is 7.69. The molecule has 0 aliphatic heterocycles. The molecule has 1 saturated carbocycles. The Morgan fingerprint density at radius 3 is 2.96 bits per heavy atom. The van der Waals surface area contributed by atoms with Crippen LogP contribution in [0.25, 0.3) is 10.7 Å². The Kier molecular flexibility index (Phi) is 5.36. The molecule has 1 amide bonds. The molecule has 0 bridgehead atoms. The van der Waals surface area contributed by atoms with E-state index in [9.17, 15) is 4.79 Å². The second-order valence-corrected chi connectivity index (χ2v) is 9.56. The van der Waals surface area contributed by atoms with E-state index in [4.69, 9.17) is 0 Å². The van der Waals surface area contributed by atoms with Crippen molar-refractivity contribution < 1.29 is 4.79 Å². The van der Waals surface area contributed by atoms with Crippen LogP contribution in [-0.4, -0.2) is 33.0 Å². The summed E-state index contributed by atoms with van der Waals surface area (Å²) in [6.45, 7) is 3.11. The number of hydrogen-bond acceptors (Lipinski definition) is 5. The van der Waals surface area contributed by atoms with Gasteiger partial charge in [0.2, 0.25) is 5.91 Å². The van der Waals surface area contributed by atoms with Gasteiger partial charge in [0, 0.05) is 18.5 Å². The number of hydrogen-bond donors (Lipinski definition) is 1. The van der Waals surface area contributed by atoms with Gasteiger partial charge in [-0.05, 0) is 55.6 Å². The van der Waals surface area contributed by atoms with Crippen LogP contribution < -0.4 is 5.32 Å². The Labute approximate surface area is 163 Å². The fraction of sp³-hybridized carbons (Fsp3) is 0.632. The van der Waals surface area contributed by atoms with E-state index in [1.165, 1.54) is 65.6 Å². The Morgan fingerprint density at radius 1 is 1.35 bits per heavy atom. The summed E-state index contributed by atoms with van der Waals surface area (Å²) in [5.74, 6) is 2.94. The summed E-state index contributed by atoms with van der Waals surface area (Å²) >= 11 is 3.32. The molecule has 2 aliphatic carbocycles. The number of amides is 1. The van der Waals surface area contributed by atoms with Gasteiger partial charge >= 0.3 is 0 Å². The van der Waals surface area contributed by atoms with Crippen LogP contribution in [0, 0.1) is 11.8 Å². The monoisotopic (exact) mass is 390 g/mol. The lowest BCUT2D eigenvalue weighted by Gasteiger charge is -2.19. The predicted molar refractivity (Wildman–Crippen MR) is 107 cm³/mol. The fourth-order valence-electron chi connectivity index (χ4n) is 3.47. The van der Waals surface area contributed by atoms with Crippen LogP contribution in [0.3, 0.4) is 0 Å². The van der Waals surface area contributed by atoms with Gasteiger partial charge in [-0.3, -0.25) is 4.79 Å². The lowest BCUT2D eigenvalue weighted by atomic mass is 9.87.